The van der Waals surface area contributed by atoms with Gasteiger partial charge in [0, 0.05) is 19.3 Å². The molecule has 69 heavy (non-hydrogen) atoms. The number of carbonyl (C=O) groups excluding carboxylic acids is 3. The first-order chi connectivity index (χ1) is 34.0. The van der Waals surface area contributed by atoms with Crippen LogP contribution in [-0.4, -0.2) is 37.2 Å². The predicted molar refractivity (Wildman–Crippen MR) is 297 cm³/mol. The Morgan fingerprint density at radius 3 is 1.03 bits per heavy atom. The minimum Gasteiger partial charge on any atom is -0.462 e. The molecule has 0 aliphatic heterocycles. The third-order valence-corrected chi connectivity index (χ3v) is 10.9. The third kappa shape index (κ3) is 54.1. The van der Waals surface area contributed by atoms with Crippen LogP contribution in [0.5, 0.6) is 0 Å². The average molecular weight is 951 g/mol. The molecular weight excluding hydrogens is 853 g/mol. The van der Waals surface area contributed by atoms with Crippen LogP contribution in [0, 0.1) is 0 Å². The highest BCUT2D eigenvalue weighted by molar-refractivity contribution is 5.71. The Kier molecular flexibility index (Phi) is 52.1. The summed E-state index contributed by atoms with van der Waals surface area (Å²) in [5.41, 5.74) is 0. The Bertz CT molecular complexity index is 1560. The summed E-state index contributed by atoms with van der Waals surface area (Å²) in [6.07, 6.45) is 79.7. The molecule has 1 unspecified atom stereocenters. The van der Waals surface area contributed by atoms with Crippen LogP contribution < -0.4 is 0 Å². The second-order valence-electron chi connectivity index (χ2n) is 17.5. The molecule has 0 amide bonds. The molecular formula is C63H98O6. The van der Waals surface area contributed by atoms with Gasteiger partial charge in [0.25, 0.3) is 0 Å². The molecule has 0 aliphatic rings. The summed E-state index contributed by atoms with van der Waals surface area (Å²) >= 11 is 0. The van der Waals surface area contributed by atoms with Crippen molar-refractivity contribution >= 4 is 17.9 Å². The molecule has 0 fully saturated rings. The molecule has 0 saturated heterocycles. The van der Waals surface area contributed by atoms with E-state index in [1.54, 1.807) is 0 Å². The zero-order valence-corrected chi connectivity index (χ0v) is 44.0. The minimum absolute atomic E-state index is 0.110. The van der Waals surface area contributed by atoms with E-state index in [0.29, 0.717) is 12.8 Å². The van der Waals surface area contributed by atoms with Crippen molar-refractivity contribution in [1.29, 1.82) is 0 Å². The summed E-state index contributed by atoms with van der Waals surface area (Å²) in [6, 6.07) is 0. The Balaban J connectivity index is 4.55. The van der Waals surface area contributed by atoms with E-state index in [1.165, 1.54) is 32.1 Å². The van der Waals surface area contributed by atoms with E-state index in [-0.39, 0.29) is 37.5 Å². The number of carbonyl (C=O) groups is 3. The molecule has 0 aromatic rings. The number of esters is 3. The molecule has 0 radical (unpaired) electrons. The van der Waals surface area contributed by atoms with Gasteiger partial charge in [0.05, 0.1) is 0 Å². The van der Waals surface area contributed by atoms with Crippen molar-refractivity contribution in [3.63, 3.8) is 0 Å². The zero-order valence-electron chi connectivity index (χ0n) is 44.0. The first-order valence-electron chi connectivity index (χ1n) is 27.4. The lowest BCUT2D eigenvalue weighted by atomic mass is 10.1. The maximum absolute atomic E-state index is 12.8. The molecule has 0 N–H and O–H groups in total. The monoisotopic (exact) mass is 951 g/mol. The largest absolute Gasteiger partial charge is 0.462 e. The Hall–Kier alpha value is -4.71. The molecule has 0 heterocycles. The third-order valence-electron chi connectivity index (χ3n) is 10.9. The number of unbranched alkanes of at least 4 members (excludes halogenated alkanes) is 16. The normalized spacial score (nSPS) is 13.3. The van der Waals surface area contributed by atoms with Crippen molar-refractivity contribution in [3.05, 3.63) is 146 Å². The van der Waals surface area contributed by atoms with Crippen LogP contribution in [0.25, 0.3) is 0 Å². The van der Waals surface area contributed by atoms with Gasteiger partial charge in [0.1, 0.15) is 13.2 Å². The van der Waals surface area contributed by atoms with Crippen molar-refractivity contribution in [1.82, 2.24) is 0 Å². The van der Waals surface area contributed by atoms with Crippen molar-refractivity contribution in [3.8, 4) is 0 Å². The number of allylic oxidation sites excluding steroid dienone is 24. The fraction of sp³-hybridized carbons (Fsp3) is 0.571. The maximum Gasteiger partial charge on any atom is 0.306 e. The van der Waals surface area contributed by atoms with Crippen LogP contribution in [0.2, 0.25) is 0 Å². The number of hydrogen-bond donors (Lipinski definition) is 0. The summed E-state index contributed by atoms with van der Waals surface area (Å²) in [5.74, 6) is -0.985. The van der Waals surface area contributed by atoms with Crippen LogP contribution in [-0.2, 0) is 28.6 Å². The van der Waals surface area contributed by atoms with E-state index in [2.05, 4.69) is 130 Å². The number of rotatable bonds is 47. The van der Waals surface area contributed by atoms with Crippen molar-refractivity contribution in [2.45, 2.75) is 219 Å². The summed E-state index contributed by atoms with van der Waals surface area (Å²) in [4.78, 5) is 38.1. The lowest BCUT2D eigenvalue weighted by Crippen LogP contribution is -2.30. The molecule has 0 spiro atoms. The molecule has 0 saturated carbocycles. The minimum atomic E-state index is -0.816. The molecule has 0 aliphatic carbocycles. The average Bonchev–Trinajstić information content (AvgIpc) is 3.35. The van der Waals surface area contributed by atoms with Gasteiger partial charge >= 0.3 is 17.9 Å². The van der Waals surface area contributed by atoms with Gasteiger partial charge < -0.3 is 14.2 Å². The summed E-state index contributed by atoms with van der Waals surface area (Å²) in [5, 5.41) is 0. The molecule has 6 nitrogen and oxygen atoms in total. The van der Waals surface area contributed by atoms with E-state index < -0.39 is 6.10 Å². The zero-order chi connectivity index (χ0) is 50.0. The van der Waals surface area contributed by atoms with E-state index >= 15 is 0 Å². The first-order valence-corrected chi connectivity index (χ1v) is 27.4. The molecule has 0 aromatic carbocycles. The van der Waals surface area contributed by atoms with Gasteiger partial charge in [-0.15, -0.1) is 0 Å². The highest BCUT2D eigenvalue weighted by Gasteiger charge is 2.19. The van der Waals surface area contributed by atoms with Crippen LogP contribution in [0.1, 0.15) is 213 Å². The van der Waals surface area contributed by atoms with Crippen molar-refractivity contribution < 1.29 is 28.6 Å². The van der Waals surface area contributed by atoms with Crippen LogP contribution in [0.15, 0.2) is 146 Å². The lowest BCUT2D eigenvalue weighted by molar-refractivity contribution is -0.167. The van der Waals surface area contributed by atoms with Crippen LogP contribution >= 0.6 is 0 Å². The SMILES string of the molecule is CC/C=C\C/C=C\C/C=C\C/C=C\C/C=C\CCCCCC(=O)OCC(COC(=O)CCCCCCCCC/C=C\C/C=C\CC)OC(=O)CCCCCCC\C=C/C=C\C=C/C=C\C=C/CCC. The Morgan fingerprint density at radius 2 is 0.623 bits per heavy atom. The van der Waals surface area contributed by atoms with Crippen molar-refractivity contribution in [2.24, 2.45) is 0 Å². The quantitative estimate of drug-likeness (QED) is 0.0199. The van der Waals surface area contributed by atoms with Gasteiger partial charge in [-0.25, -0.2) is 0 Å². The van der Waals surface area contributed by atoms with E-state index in [4.69, 9.17) is 14.2 Å². The number of ether oxygens (including phenoxy) is 3. The van der Waals surface area contributed by atoms with Gasteiger partial charge in [0.2, 0.25) is 0 Å². The second kappa shape index (κ2) is 55.9. The number of hydrogen-bond acceptors (Lipinski definition) is 6. The standard InChI is InChI=1S/C63H98O6/c1-4-7-10-13-16-19-22-25-28-30-32-34-35-38-41-44-47-50-53-56-62(65)68-59-60(58-67-61(64)55-52-49-46-43-40-37-27-24-21-18-15-12-9-6-3)69-63(66)57-54-51-48-45-42-39-36-33-31-29-26-23-20-17-14-11-8-5-2/h7,9-12,14,16-21,23,25-26,28-29,31-34,36,38,41,60H,4-6,8,13,15,22,24,27,30,35,37,39-40,42-59H2,1-3H3/b10-7-,12-9-,14-11-,19-16-,20-17-,21-18-,26-23-,28-25-,31-29-,34-32-,36-33-,41-38-. The Labute approximate surface area is 423 Å². The smallest absolute Gasteiger partial charge is 0.306 e. The van der Waals surface area contributed by atoms with E-state index in [1.807, 2.05) is 36.5 Å². The maximum atomic E-state index is 12.8. The Morgan fingerprint density at radius 1 is 0.319 bits per heavy atom. The molecule has 0 aromatic heterocycles. The highest BCUT2D eigenvalue weighted by Crippen LogP contribution is 2.13. The lowest BCUT2D eigenvalue weighted by Gasteiger charge is -2.18. The van der Waals surface area contributed by atoms with Gasteiger partial charge in [0.15, 0.2) is 6.10 Å². The molecule has 1 atom stereocenters. The predicted octanol–water partition coefficient (Wildman–Crippen LogP) is 18.4. The summed E-state index contributed by atoms with van der Waals surface area (Å²) in [6.45, 7) is 6.26. The fourth-order valence-electron chi connectivity index (χ4n) is 6.89. The highest BCUT2D eigenvalue weighted by atomic mass is 16.6. The summed E-state index contributed by atoms with van der Waals surface area (Å²) < 4.78 is 16.8. The topological polar surface area (TPSA) is 78.9 Å². The second-order valence-corrected chi connectivity index (χ2v) is 17.5. The van der Waals surface area contributed by atoms with Crippen molar-refractivity contribution in [2.75, 3.05) is 13.2 Å². The van der Waals surface area contributed by atoms with Gasteiger partial charge in [-0.2, -0.15) is 0 Å². The van der Waals surface area contributed by atoms with Gasteiger partial charge in [-0.05, 0) is 109 Å². The van der Waals surface area contributed by atoms with Gasteiger partial charge in [-0.1, -0.05) is 231 Å². The van der Waals surface area contributed by atoms with Crippen LogP contribution in [0.4, 0.5) is 0 Å². The molecule has 386 valence electrons. The van der Waals surface area contributed by atoms with Crippen LogP contribution in [0.3, 0.4) is 0 Å². The van der Waals surface area contributed by atoms with E-state index in [9.17, 15) is 14.4 Å². The summed E-state index contributed by atoms with van der Waals surface area (Å²) in [7, 11) is 0. The molecule has 6 heteroatoms. The first kappa shape index (κ1) is 64.3. The molecule has 0 bridgehead atoms. The van der Waals surface area contributed by atoms with E-state index in [0.717, 1.165) is 141 Å². The van der Waals surface area contributed by atoms with Gasteiger partial charge in [-0.3, -0.25) is 14.4 Å². The fourth-order valence-corrected chi connectivity index (χ4v) is 6.89. The molecule has 0 rings (SSSR count).